The summed E-state index contributed by atoms with van der Waals surface area (Å²) in [5.41, 5.74) is 7.21. The lowest BCUT2D eigenvalue weighted by Gasteiger charge is -1.70. The van der Waals surface area contributed by atoms with Crippen molar-refractivity contribution in [1.29, 1.82) is 0 Å². The lowest BCUT2D eigenvalue weighted by molar-refractivity contribution is 0.186. The number of azide groups is 1. The third-order valence-corrected chi connectivity index (χ3v) is 0.152. The van der Waals surface area contributed by atoms with Gasteiger partial charge in [0.1, 0.15) is 0 Å². The molecule has 0 saturated carbocycles. The average Bonchev–Trinajstić information content (AvgIpc) is 1.88. The molecular weight excluding hydrogens is 112 g/mol. The van der Waals surface area contributed by atoms with Crippen LogP contribution in [0.5, 0.6) is 0 Å². The fourth-order valence-electron chi connectivity index (χ4n) is 0. The van der Waals surface area contributed by atoms with Gasteiger partial charge in [0.25, 0.3) is 0 Å². The lowest BCUT2D eigenvalue weighted by Crippen LogP contribution is -1.85. The Kier molecular flexibility index (Phi) is 21.0. The first kappa shape index (κ1) is 10.1. The number of nitrogens with two attached hydrogens (primary N) is 1. The number of nitrogens with zero attached hydrogens (tertiary/aromatic N) is 3. The third kappa shape index (κ3) is 77.0. The van der Waals surface area contributed by atoms with E-state index in [0.29, 0.717) is 0 Å². The number of aliphatic hydroxyl groups is 2. The highest BCUT2D eigenvalue weighted by molar-refractivity contribution is 4.28. The van der Waals surface area contributed by atoms with Crippen molar-refractivity contribution in [2.45, 2.75) is 0 Å². The standard InChI is InChI=1S/C2H6O2.H2N4/c3-1-2-4;1-3-4-2/h3-4H,1-2H2;1H2. The molecule has 0 aromatic heterocycles. The Labute approximate surface area is 46.1 Å². The third-order valence-electron chi connectivity index (χ3n) is 0.152. The normalized spacial score (nSPS) is 5.75. The zero-order valence-electron chi connectivity index (χ0n) is 4.23. The smallest absolute Gasteiger partial charge is 0.0662 e. The molecule has 8 heavy (non-hydrogen) atoms. The van der Waals surface area contributed by atoms with Gasteiger partial charge >= 0.3 is 0 Å². The van der Waals surface area contributed by atoms with Crippen LogP contribution >= 0.6 is 0 Å². The van der Waals surface area contributed by atoms with Crippen molar-refractivity contribution >= 4 is 0 Å². The topological polar surface area (TPSA) is 115 Å². The van der Waals surface area contributed by atoms with Crippen molar-refractivity contribution in [1.82, 2.24) is 0 Å². The van der Waals surface area contributed by atoms with Gasteiger partial charge in [0.15, 0.2) is 0 Å². The second-order valence-electron chi connectivity index (χ2n) is 0.652. The van der Waals surface area contributed by atoms with Crippen LogP contribution in [0.2, 0.25) is 0 Å². The van der Waals surface area contributed by atoms with Crippen LogP contribution in [0.4, 0.5) is 0 Å². The summed E-state index contributed by atoms with van der Waals surface area (Å²) in [6, 6.07) is 0. The number of hydrogen-bond acceptors (Lipinski definition) is 3. The monoisotopic (exact) mass is 120 g/mol. The molecule has 0 fully saturated rings. The Morgan fingerprint density at radius 2 is 1.75 bits per heavy atom. The van der Waals surface area contributed by atoms with Crippen LogP contribution in [-0.2, 0) is 0 Å². The van der Waals surface area contributed by atoms with Crippen LogP contribution in [0.1, 0.15) is 0 Å². The summed E-state index contributed by atoms with van der Waals surface area (Å²) >= 11 is 0. The predicted octanol–water partition coefficient (Wildman–Crippen LogP) is -0.859. The summed E-state index contributed by atoms with van der Waals surface area (Å²) in [6.45, 7) is -0.250. The van der Waals surface area contributed by atoms with Crippen molar-refractivity contribution < 1.29 is 10.2 Å². The summed E-state index contributed by atoms with van der Waals surface area (Å²) in [5.74, 6) is 4.24. The lowest BCUT2D eigenvalue weighted by atomic mass is 10.8. The van der Waals surface area contributed by atoms with Crippen molar-refractivity contribution in [2.75, 3.05) is 13.2 Å². The van der Waals surface area contributed by atoms with Gasteiger partial charge in [-0.05, 0) is 5.22 Å². The molecule has 0 bridgehead atoms. The van der Waals surface area contributed by atoms with Gasteiger partial charge in [-0.1, -0.05) is 0 Å². The average molecular weight is 120 g/mol. The van der Waals surface area contributed by atoms with Crippen LogP contribution in [0.25, 0.3) is 10.4 Å². The van der Waals surface area contributed by atoms with Gasteiger partial charge in [0.05, 0.1) is 13.2 Å². The van der Waals surface area contributed by atoms with Gasteiger partial charge in [0, 0.05) is 0 Å². The molecule has 48 valence electrons. The van der Waals surface area contributed by atoms with Gasteiger partial charge in [-0.25, -0.2) is 0 Å². The van der Waals surface area contributed by atoms with Gasteiger partial charge in [0.2, 0.25) is 0 Å². The number of aliphatic hydroxyl groups excluding tert-OH is 2. The zero-order chi connectivity index (χ0) is 6.83. The quantitative estimate of drug-likeness (QED) is 0.137. The molecular formula is C2H8N4O2. The summed E-state index contributed by atoms with van der Waals surface area (Å²) < 4.78 is 0. The Hall–Kier alpha value is -0.970. The fraction of sp³-hybridized carbons (Fsp3) is 1.00. The molecule has 0 rings (SSSR count). The minimum absolute atomic E-state index is 0.125. The Morgan fingerprint density at radius 1 is 1.50 bits per heavy atom. The molecule has 6 nitrogen and oxygen atoms in total. The highest BCUT2D eigenvalue weighted by atomic mass is 16.3. The van der Waals surface area contributed by atoms with Crippen LogP contribution in [0.3, 0.4) is 0 Å². The van der Waals surface area contributed by atoms with E-state index in [1.54, 1.807) is 0 Å². The molecule has 4 N–H and O–H groups in total. The Balaban J connectivity index is 0. The van der Waals surface area contributed by atoms with E-state index in [1.807, 2.05) is 0 Å². The molecule has 0 aliphatic carbocycles. The molecule has 0 atom stereocenters. The van der Waals surface area contributed by atoms with Gasteiger partial charge in [-0.3, -0.25) is 5.84 Å². The van der Waals surface area contributed by atoms with Crippen LogP contribution in [0.15, 0.2) is 5.22 Å². The minimum atomic E-state index is -0.125. The van der Waals surface area contributed by atoms with Crippen molar-refractivity contribution in [3.8, 4) is 0 Å². The number of hydrogen-bond donors (Lipinski definition) is 3. The van der Waals surface area contributed by atoms with E-state index in [-0.39, 0.29) is 13.2 Å². The van der Waals surface area contributed by atoms with E-state index < -0.39 is 0 Å². The highest BCUT2D eigenvalue weighted by Gasteiger charge is 1.58. The van der Waals surface area contributed by atoms with E-state index in [1.165, 1.54) is 0 Å². The summed E-state index contributed by atoms with van der Waals surface area (Å²) in [6.07, 6.45) is 0. The van der Waals surface area contributed by atoms with Crippen molar-refractivity contribution in [2.24, 2.45) is 11.1 Å². The fourth-order valence-corrected chi connectivity index (χ4v) is 0. The van der Waals surface area contributed by atoms with Gasteiger partial charge < -0.3 is 10.2 Å². The maximum absolute atomic E-state index is 7.62. The highest BCUT2D eigenvalue weighted by Crippen LogP contribution is 1.39. The Bertz CT molecular complexity index is 66.4. The first-order valence-electron chi connectivity index (χ1n) is 1.79. The summed E-state index contributed by atoms with van der Waals surface area (Å²) in [7, 11) is 0. The van der Waals surface area contributed by atoms with E-state index >= 15 is 0 Å². The minimum Gasteiger partial charge on any atom is -0.394 e. The molecule has 6 heteroatoms. The van der Waals surface area contributed by atoms with E-state index in [0.717, 1.165) is 0 Å². The molecule has 0 heterocycles. The first-order valence-corrected chi connectivity index (χ1v) is 1.79. The first-order chi connectivity index (χ1) is 3.83. The maximum atomic E-state index is 7.62. The van der Waals surface area contributed by atoms with Crippen molar-refractivity contribution in [3.05, 3.63) is 10.4 Å². The Morgan fingerprint density at radius 3 is 1.75 bits per heavy atom. The number of rotatable bonds is 1. The van der Waals surface area contributed by atoms with Crippen LogP contribution in [0, 0.1) is 0 Å². The summed E-state index contributed by atoms with van der Waals surface area (Å²) in [5, 5.41) is 17.7. The van der Waals surface area contributed by atoms with Crippen molar-refractivity contribution in [3.63, 3.8) is 0 Å². The largest absolute Gasteiger partial charge is 0.394 e. The molecule has 0 saturated heterocycles. The van der Waals surface area contributed by atoms with E-state index in [9.17, 15) is 0 Å². The molecule has 0 aromatic rings. The summed E-state index contributed by atoms with van der Waals surface area (Å²) in [4.78, 5) is 2.14. The van der Waals surface area contributed by atoms with E-state index in [2.05, 4.69) is 16.0 Å². The molecule has 0 aliphatic rings. The molecule has 0 unspecified atom stereocenters. The SMILES string of the molecule is OCCO.[N-]=[N+]=NN. The van der Waals surface area contributed by atoms with Crippen LogP contribution in [-0.4, -0.2) is 23.4 Å². The zero-order valence-corrected chi connectivity index (χ0v) is 4.23. The molecule has 0 aromatic carbocycles. The molecule has 0 amide bonds. The molecule has 0 spiro atoms. The predicted molar refractivity (Wildman–Crippen MR) is 27.5 cm³/mol. The maximum Gasteiger partial charge on any atom is 0.0662 e. The molecule has 0 aliphatic heterocycles. The van der Waals surface area contributed by atoms with Gasteiger partial charge in [-0.2, -0.15) is 4.91 Å². The van der Waals surface area contributed by atoms with E-state index in [4.69, 9.17) is 15.7 Å². The second-order valence-corrected chi connectivity index (χ2v) is 0.652. The van der Waals surface area contributed by atoms with Crippen LogP contribution < -0.4 is 5.84 Å². The van der Waals surface area contributed by atoms with Gasteiger partial charge in [-0.15, -0.1) is 5.53 Å². The molecule has 0 radical (unpaired) electrons. The second kappa shape index (κ2) is 16.6.